The number of nitrogens with two attached hydrogens (primary N) is 3. The molecule has 1 heterocycles. The number of carboxylic acids is 2. The Morgan fingerprint density at radius 1 is 0.482 bits per heavy atom. The summed E-state index contributed by atoms with van der Waals surface area (Å²) in [6.07, 6.45) is -0.308. The normalized spacial score (nSPS) is 14.6. The number of alkyl carbamates (subject to hydrolysis) is 1. The van der Waals surface area contributed by atoms with Crippen LogP contribution < -0.4 is 38.5 Å². The third kappa shape index (κ3) is 36.3. The van der Waals surface area contributed by atoms with E-state index in [-0.39, 0.29) is 81.6 Å². The largest absolute Gasteiger partial charge is 0.480 e. The van der Waals surface area contributed by atoms with Gasteiger partial charge in [-0.1, -0.05) is 270 Å². The third-order valence-corrected chi connectivity index (χ3v) is 18.3. The number of likely N-dealkylation sites (N-methyl/N-ethyl adjacent to an activating group) is 1. The van der Waals surface area contributed by atoms with Gasteiger partial charge in [-0.2, -0.15) is 0 Å². The number of carbonyl (C=O) groups excluding carboxylic acids is 7. The van der Waals surface area contributed by atoms with Crippen LogP contribution in [0, 0.1) is 0 Å². The van der Waals surface area contributed by atoms with E-state index in [0.717, 1.165) is 11.1 Å². The van der Waals surface area contributed by atoms with Crippen LogP contribution in [0.25, 0.3) is 0 Å². The maximum atomic E-state index is 12.6. The van der Waals surface area contributed by atoms with Crippen molar-refractivity contribution in [1.82, 2.24) is 21.3 Å². The molecular formula is C86H118BrN7O18. The summed E-state index contributed by atoms with van der Waals surface area (Å²) in [6, 6.07) is 65.5. The van der Waals surface area contributed by atoms with Gasteiger partial charge in [0.05, 0.1) is 45.7 Å². The second-order valence-electron chi connectivity index (χ2n) is 25.7. The number of aliphatic hydroxyl groups is 2. The van der Waals surface area contributed by atoms with Crippen molar-refractivity contribution >= 4 is 69.7 Å². The standard InChI is InChI=1S/C17H23NO5.C11H13NO2.C11H17NO.2C10H13NO2.C10H15NO.C9H15NO5.C8H9Br/c1-5-22-15(20)17(18-13(4)19,16(21)23-6-2)12(3)14-10-8-7-9-11-14;1-8(9-5-3-2-4-6-9)10-7-14-11(13)12-10;1-9(11(8-13)12-2)10-6-4-3-5-7-10;2*1-7(9(11)10(12)13)8-5-3-2-4-6-8;1-8(10(11)7-12)9-5-3-2-4-6-9;1-4-14-8(12)7(10-6(3)11)9(13)15-5-2;1-7(9)8-5-3-2-4-6-8/h7-12H,5-6H2,1-4H3,(H,18,19);2-6,8,10H,7H2,1H3,(H,12,13);3-7,9,11-13H,8H2,1-2H3;2*2-7,9H,11H2,1H3,(H,12,13);2-6,8,10,12H,7,11H2,1H3;7H,4-5H2,1-3H3,(H,10,11);2-7H,1H3. The third-order valence-electron chi connectivity index (χ3n) is 17.8. The monoisotopic (exact) mass is 1620 g/mol. The van der Waals surface area contributed by atoms with Crippen molar-refractivity contribution in [2.24, 2.45) is 17.2 Å². The van der Waals surface area contributed by atoms with E-state index in [1.807, 2.05) is 179 Å². The van der Waals surface area contributed by atoms with Crippen molar-refractivity contribution in [2.75, 3.05) is 53.3 Å². The SMILES string of the molecule is CC(Br)c1ccccc1.CC(c1ccccc1)C(N)C(=O)O.CC(c1ccccc1)C(N)C(=O)O.CC(c1ccccc1)C(N)CO.CC(c1ccccc1)C1COC(=O)N1.CCOC(=O)C(NC(C)=O)(C(=O)OCC)C(C)c1ccccc1.CCOC(=O)C(NC(C)=O)C(=O)OCC.CNC(CO)C(C)c1ccccc1. The molecule has 0 radical (unpaired) electrons. The van der Waals surface area contributed by atoms with E-state index < -0.39 is 77.2 Å². The highest BCUT2D eigenvalue weighted by atomic mass is 79.9. The summed E-state index contributed by atoms with van der Waals surface area (Å²) in [5.74, 6) is -6.34. The molecule has 3 amide bonds. The number of ether oxygens (including phenoxy) is 5. The second kappa shape index (κ2) is 56.1. The van der Waals surface area contributed by atoms with Crippen molar-refractivity contribution < 1.29 is 87.3 Å². The number of carbonyl (C=O) groups is 9. The Hall–Kier alpha value is -10.2. The molecule has 8 rings (SSSR count). The molecule has 0 saturated carbocycles. The van der Waals surface area contributed by atoms with Crippen LogP contribution in [0.15, 0.2) is 212 Å². The van der Waals surface area contributed by atoms with Gasteiger partial charge in [0.25, 0.3) is 0 Å². The lowest BCUT2D eigenvalue weighted by atomic mass is 9.80. The quantitative estimate of drug-likeness (QED) is 0.00939. The molecule has 612 valence electrons. The minimum atomic E-state index is -1.92. The zero-order valence-electron chi connectivity index (χ0n) is 66.8. The van der Waals surface area contributed by atoms with E-state index in [4.69, 9.17) is 51.8 Å². The predicted octanol–water partition coefficient (Wildman–Crippen LogP) is 11.3. The molecule has 12 unspecified atom stereocenters. The van der Waals surface area contributed by atoms with Gasteiger partial charge in [-0.05, 0) is 92.4 Å². The first kappa shape index (κ1) is 99.8. The van der Waals surface area contributed by atoms with Gasteiger partial charge in [0.2, 0.25) is 23.4 Å². The fraction of sp³-hybridized carbons (Fsp3) is 0.407. The van der Waals surface area contributed by atoms with E-state index >= 15 is 0 Å². The Morgan fingerprint density at radius 2 is 0.804 bits per heavy atom. The summed E-state index contributed by atoms with van der Waals surface area (Å²) >= 11 is 3.48. The fourth-order valence-corrected chi connectivity index (χ4v) is 11.0. The highest BCUT2D eigenvalue weighted by molar-refractivity contribution is 9.09. The van der Waals surface area contributed by atoms with Gasteiger partial charge in [-0.25, -0.2) is 24.0 Å². The van der Waals surface area contributed by atoms with Crippen LogP contribution in [-0.4, -0.2) is 169 Å². The number of benzene rings is 7. The number of carboxylic acid groups (broad SMARTS) is 2. The Balaban J connectivity index is 0.000000648. The van der Waals surface area contributed by atoms with Gasteiger partial charge in [-0.15, -0.1) is 0 Å². The zero-order chi connectivity index (χ0) is 84.3. The number of aliphatic carboxylic acids is 2. The summed E-state index contributed by atoms with van der Waals surface area (Å²) < 4.78 is 24.2. The average molecular weight is 1620 g/mol. The van der Waals surface area contributed by atoms with Crippen molar-refractivity contribution in [3.63, 3.8) is 0 Å². The minimum absolute atomic E-state index is 0.0378. The molecule has 0 spiro atoms. The van der Waals surface area contributed by atoms with Crippen LogP contribution in [0.1, 0.15) is 169 Å². The summed E-state index contributed by atoms with van der Waals surface area (Å²) in [5, 5.41) is 45.8. The predicted molar refractivity (Wildman–Crippen MR) is 438 cm³/mol. The molecule has 112 heavy (non-hydrogen) atoms. The van der Waals surface area contributed by atoms with Gasteiger partial charge in [0, 0.05) is 54.4 Å². The summed E-state index contributed by atoms with van der Waals surface area (Å²) in [7, 11) is 1.88. The maximum Gasteiger partial charge on any atom is 0.407 e. The molecule has 1 saturated heterocycles. The van der Waals surface area contributed by atoms with Crippen LogP contribution in [0.3, 0.4) is 0 Å². The molecule has 7 aromatic rings. The van der Waals surface area contributed by atoms with Gasteiger partial charge in [0.1, 0.15) is 18.7 Å². The molecule has 1 aliphatic heterocycles. The fourth-order valence-electron chi connectivity index (χ4n) is 10.7. The average Bonchev–Trinajstić information content (AvgIpc) is 0.822. The lowest BCUT2D eigenvalue weighted by Crippen LogP contribution is -2.64. The van der Waals surface area contributed by atoms with Crippen LogP contribution in [0.2, 0.25) is 0 Å². The number of hydrogen-bond donors (Lipinski definition) is 11. The lowest BCUT2D eigenvalue weighted by Gasteiger charge is -2.35. The number of amides is 3. The first-order valence-electron chi connectivity index (χ1n) is 37.1. The summed E-state index contributed by atoms with van der Waals surface area (Å²) in [4.78, 5) is 103. The van der Waals surface area contributed by atoms with Crippen molar-refractivity contribution in [2.45, 2.75) is 172 Å². The Bertz CT molecular complexity index is 3690. The number of halogens is 1. The van der Waals surface area contributed by atoms with Crippen LogP contribution in [-0.2, 0) is 62.0 Å². The Morgan fingerprint density at radius 3 is 1.07 bits per heavy atom. The molecule has 1 fully saturated rings. The first-order valence-corrected chi connectivity index (χ1v) is 38.0. The second-order valence-corrected chi connectivity index (χ2v) is 27.1. The van der Waals surface area contributed by atoms with E-state index in [0.29, 0.717) is 28.8 Å². The number of hydrogen-bond acceptors (Lipinski definition) is 20. The van der Waals surface area contributed by atoms with E-state index in [1.54, 1.807) is 58.9 Å². The molecular weight excluding hydrogens is 1500 g/mol. The minimum Gasteiger partial charge on any atom is -0.480 e. The highest BCUT2D eigenvalue weighted by Gasteiger charge is 2.55. The number of aliphatic hydroxyl groups excluding tert-OH is 2. The van der Waals surface area contributed by atoms with Crippen LogP contribution in [0.5, 0.6) is 0 Å². The topological polar surface area (TPSA) is 407 Å². The van der Waals surface area contributed by atoms with Crippen molar-refractivity contribution in [3.8, 4) is 0 Å². The smallest absolute Gasteiger partial charge is 0.407 e. The van der Waals surface area contributed by atoms with Crippen LogP contribution >= 0.6 is 15.9 Å². The number of cyclic esters (lactones) is 1. The molecule has 14 N–H and O–H groups in total. The van der Waals surface area contributed by atoms with Gasteiger partial charge < -0.3 is 82.6 Å². The van der Waals surface area contributed by atoms with Gasteiger partial charge in [-0.3, -0.25) is 19.2 Å². The molecule has 0 aromatic heterocycles. The molecule has 26 heteroatoms. The molecule has 1 aliphatic rings. The first-order chi connectivity index (χ1) is 53.3. The maximum absolute atomic E-state index is 12.6. The van der Waals surface area contributed by atoms with E-state index in [9.17, 15) is 43.2 Å². The highest BCUT2D eigenvalue weighted by Crippen LogP contribution is 2.32. The molecule has 0 aliphatic carbocycles. The zero-order valence-corrected chi connectivity index (χ0v) is 68.4. The van der Waals surface area contributed by atoms with E-state index in [2.05, 4.69) is 104 Å². The van der Waals surface area contributed by atoms with Gasteiger partial charge >= 0.3 is 41.9 Å². The van der Waals surface area contributed by atoms with Crippen LogP contribution in [0.4, 0.5) is 4.79 Å². The van der Waals surface area contributed by atoms with Crippen molar-refractivity contribution in [1.29, 1.82) is 0 Å². The lowest BCUT2D eigenvalue weighted by molar-refractivity contribution is -0.169. The number of alkyl halides is 1. The summed E-state index contributed by atoms with van der Waals surface area (Å²) in [6.45, 7) is 23.7. The number of nitrogens with one attached hydrogen (secondary N) is 4. The molecule has 12 atom stereocenters. The summed E-state index contributed by atoms with van der Waals surface area (Å²) in [5.41, 5.74) is 22.4. The van der Waals surface area contributed by atoms with Gasteiger partial charge in [0.15, 0.2) is 0 Å². The van der Waals surface area contributed by atoms with Crippen molar-refractivity contribution in [3.05, 3.63) is 251 Å². The molecule has 25 nitrogen and oxygen atoms in total. The van der Waals surface area contributed by atoms with E-state index in [1.165, 1.54) is 36.1 Å². The molecule has 0 bridgehead atoms. The number of rotatable bonds is 28. The number of esters is 4. The Kier molecular flexibility index (Phi) is 50.0. The molecule has 7 aromatic carbocycles. The Labute approximate surface area is 668 Å².